The predicted molar refractivity (Wildman–Crippen MR) is 83.5 cm³/mol. The second-order valence-corrected chi connectivity index (χ2v) is 7.46. The molecule has 0 aliphatic heterocycles. The Labute approximate surface area is 122 Å². The van der Waals surface area contributed by atoms with Gasteiger partial charge in [-0.1, -0.05) is 32.9 Å². The average Bonchev–Trinajstić information content (AvgIpc) is 2.74. The van der Waals surface area contributed by atoms with Crippen LogP contribution < -0.4 is 5.73 Å². The van der Waals surface area contributed by atoms with E-state index in [-0.39, 0.29) is 0 Å². The van der Waals surface area contributed by atoms with Gasteiger partial charge in [0.2, 0.25) is 0 Å². The Morgan fingerprint density at radius 3 is 2.45 bits per heavy atom. The Balaban J connectivity index is 1.56. The van der Waals surface area contributed by atoms with Gasteiger partial charge in [0.25, 0.3) is 0 Å². The summed E-state index contributed by atoms with van der Waals surface area (Å²) >= 11 is 0. The van der Waals surface area contributed by atoms with Gasteiger partial charge in [-0.2, -0.15) is 0 Å². The number of nitrogens with two attached hydrogens (primary N) is 1. The molecule has 0 heterocycles. The lowest BCUT2D eigenvalue weighted by atomic mass is 9.70. The number of nitrogen functional groups attached to an aromatic ring is 1. The summed E-state index contributed by atoms with van der Waals surface area (Å²) in [4.78, 5) is 0. The summed E-state index contributed by atoms with van der Waals surface area (Å²) in [6.45, 7) is 8.14. The van der Waals surface area contributed by atoms with Crippen molar-refractivity contribution in [1.82, 2.24) is 0 Å². The van der Waals surface area contributed by atoms with Crippen molar-refractivity contribution in [3.63, 3.8) is 0 Å². The molecule has 2 saturated carbocycles. The van der Waals surface area contributed by atoms with Crippen LogP contribution in [0.2, 0.25) is 0 Å². The minimum atomic E-state index is 0.374. The van der Waals surface area contributed by atoms with Crippen molar-refractivity contribution >= 4 is 5.69 Å². The van der Waals surface area contributed by atoms with Crippen molar-refractivity contribution in [1.29, 1.82) is 0 Å². The zero-order valence-electron chi connectivity index (χ0n) is 13.0. The molecular weight excluding hydrogens is 246 g/mol. The summed E-state index contributed by atoms with van der Waals surface area (Å²) in [5, 5.41) is 0. The maximum atomic E-state index is 6.28. The van der Waals surface area contributed by atoms with Crippen LogP contribution in [-0.2, 0) is 11.2 Å². The Morgan fingerprint density at radius 2 is 1.90 bits per heavy atom. The van der Waals surface area contributed by atoms with Crippen LogP contribution in [0.4, 0.5) is 5.69 Å². The molecule has 1 aromatic carbocycles. The molecule has 0 saturated heterocycles. The van der Waals surface area contributed by atoms with Crippen molar-refractivity contribution in [2.24, 2.45) is 16.7 Å². The Bertz CT molecular complexity index is 479. The van der Waals surface area contributed by atoms with E-state index in [0.717, 1.165) is 24.6 Å². The number of rotatable bonds is 4. The molecule has 3 atom stereocenters. The van der Waals surface area contributed by atoms with E-state index >= 15 is 0 Å². The summed E-state index contributed by atoms with van der Waals surface area (Å²) in [6, 6.07) is 8.14. The molecule has 0 spiro atoms. The molecule has 3 rings (SSSR count). The van der Waals surface area contributed by atoms with E-state index in [1.807, 2.05) is 12.1 Å². The molecule has 0 amide bonds. The summed E-state index contributed by atoms with van der Waals surface area (Å²) in [5.41, 5.74) is 8.67. The molecule has 3 unspecified atom stereocenters. The van der Waals surface area contributed by atoms with Gasteiger partial charge in [-0.25, -0.2) is 0 Å². The first kappa shape index (κ1) is 13.9. The van der Waals surface area contributed by atoms with Crippen LogP contribution in [0.15, 0.2) is 24.3 Å². The van der Waals surface area contributed by atoms with E-state index in [1.54, 1.807) is 0 Å². The zero-order valence-corrected chi connectivity index (χ0v) is 13.0. The van der Waals surface area contributed by atoms with E-state index in [0.29, 0.717) is 16.9 Å². The van der Waals surface area contributed by atoms with Crippen molar-refractivity contribution in [3.05, 3.63) is 29.8 Å². The lowest BCUT2D eigenvalue weighted by Crippen LogP contribution is -2.37. The van der Waals surface area contributed by atoms with Gasteiger partial charge < -0.3 is 10.5 Å². The van der Waals surface area contributed by atoms with Gasteiger partial charge in [-0.3, -0.25) is 0 Å². The number of hydrogen-bond donors (Lipinski definition) is 1. The van der Waals surface area contributed by atoms with E-state index in [1.165, 1.54) is 24.8 Å². The van der Waals surface area contributed by atoms with Gasteiger partial charge in [-0.05, 0) is 60.1 Å². The van der Waals surface area contributed by atoms with Crippen LogP contribution in [0.1, 0.15) is 45.6 Å². The molecule has 2 bridgehead atoms. The van der Waals surface area contributed by atoms with Gasteiger partial charge in [0.05, 0.1) is 12.7 Å². The first-order valence-corrected chi connectivity index (χ1v) is 7.89. The summed E-state index contributed by atoms with van der Waals surface area (Å²) < 4.78 is 6.28. The van der Waals surface area contributed by atoms with Crippen LogP contribution >= 0.6 is 0 Å². The van der Waals surface area contributed by atoms with E-state index in [9.17, 15) is 0 Å². The molecule has 2 aliphatic rings. The monoisotopic (exact) mass is 273 g/mol. The molecule has 2 N–H and O–H groups in total. The fourth-order valence-corrected chi connectivity index (χ4v) is 4.39. The van der Waals surface area contributed by atoms with Gasteiger partial charge in [0.15, 0.2) is 0 Å². The highest BCUT2D eigenvalue weighted by Crippen LogP contribution is 2.66. The minimum Gasteiger partial charge on any atom is -0.399 e. The fraction of sp³-hybridized carbons (Fsp3) is 0.667. The third kappa shape index (κ3) is 2.05. The molecule has 1 aromatic rings. The summed E-state index contributed by atoms with van der Waals surface area (Å²) in [7, 11) is 0. The molecule has 110 valence electrons. The van der Waals surface area contributed by atoms with Gasteiger partial charge >= 0.3 is 0 Å². The highest BCUT2D eigenvalue weighted by molar-refractivity contribution is 5.39. The largest absolute Gasteiger partial charge is 0.399 e. The molecule has 20 heavy (non-hydrogen) atoms. The molecule has 2 nitrogen and oxygen atoms in total. The topological polar surface area (TPSA) is 35.2 Å². The second kappa shape index (κ2) is 4.77. The molecule has 0 aromatic heterocycles. The Morgan fingerprint density at radius 1 is 1.20 bits per heavy atom. The SMILES string of the molecule is CC1(C)C2CCC1(C)C(OCCc1ccc(N)cc1)C2. The number of ether oxygens (including phenoxy) is 1. The highest BCUT2D eigenvalue weighted by atomic mass is 16.5. The highest BCUT2D eigenvalue weighted by Gasteiger charge is 2.61. The molecular formula is C18H27NO. The van der Waals surface area contributed by atoms with Crippen LogP contribution in [-0.4, -0.2) is 12.7 Å². The fourth-order valence-electron chi connectivity index (χ4n) is 4.39. The zero-order chi connectivity index (χ0) is 14.4. The number of hydrogen-bond acceptors (Lipinski definition) is 2. The Kier molecular flexibility index (Phi) is 3.32. The third-order valence-electron chi connectivity index (χ3n) is 6.40. The van der Waals surface area contributed by atoms with Crippen LogP contribution in [0.3, 0.4) is 0 Å². The van der Waals surface area contributed by atoms with Gasteiger partial charge in [-0.15, -0.1) is 0 Å². The summed E-state index contributed by atoms with van der Waals surface area (Å²) in [5.74, 6) is 0.856. The van der Waals surface area contributed by atoms with Gasteiger partial charge in [0.1, 0.15) is 0 Å². The minimum absolute atomic E-state index is 0.374. The molecule has 2 fully saturated rings. The quantitative estimate of drug-likeness (QED) is 0.840. The first-order chi connectivity index (χ1) is 9.43. The first-order valence-electron chi connectivity index (χ1n) is 7.89. The maximum absolute atomic E-state index is 6.28. The van der Waals surface area contributed by atoms with Crippen LogP contribution in [0.5, 0.6) is 0 Å². The average molecular weight is 273 g/mol. The maximum Gasteiger partial charge on any atom is 0.0636 e. The van der Waals surface area contributed by atoms with Crippen LogP contribution in [0, 0.1) is 16.7 Å². The number of fused-ring (bicyclic) bond motifs is 2. The lowest BCUT2D eigenvalue weighted by molar-refractivity contribution is -0.0452. The normalized spacial score (nSPS) is 34.5. The summed E-state index contributed by atoms with van der Waals surface area (Å²) in [6.07, 6.45) is 5.41. The smallest absolute Gasteiger partial charge is 0.0636 e. The van der Waals surface area contributed by atoms with E-state index < -0.39 is 0 Å². The third-order valence-corrected chi connectivity index (χ3v) is 6.40. The number of benzene rings is 1. The van der Waals surface area contributed by atoms with Crippen molar-refractivity contribution < 1.29 is 4.74 Å². The molecule has 0 radical (unpaired) electrons. The number of anilines is 1. The lowest BCUT2D eigenvalue weighted by Gasteiger charge is -2.39. The Hall–Kier alpha value is -1.02. The van der Waals surface area contributed by atoms with E-state index in [4.69, 9.17) is 10.5 Å². The van der Waals surface area contributed by atoms with Crippen molar-refractivity contribution in [2.45, 2.75) is 52.6 Å². The predicted octanol–water partition coefficient (Wildman–Crippen LogP) is 4.04. The van der Waals surface area contributed by atoms with Crippen molar-refractivity contribution in [2.75, 3.05) is 12.3 Å². The van der Waals surface area contributed by atoms with Crippen molar-refractivity contribution in [3.8, 4) is 0 Å². The second-order valence-electron chi connectivity index (χ2n) is 7.46. The molecule has 2 heteroatoms. The van der Waals surface area contributed by atoms with E-state index in [2.05, 4.69) is 32.9 Å². The molecule has 2 aliphatic carbocycles. The van der Waals surface area contributed by atoms with Crippen LogP contribution in [0.25, 0.3) is 0 Å². The van der Waals surface area contributed by atoms with Gasteiger partial charge in [0, 0.05) is 5.69 Å². The standard InChI is InChI=1S/C18H27NO/c1-17(2)14-8-10-18(17,3)16(12-14)20-11-9-13-4-6-15(19)7-5-13/h4-7,14,16H,8-12,19H2,1-3H3.